The zero-order chi connectivity index (χ0) is 15.0. The zero-order valence-corrected chi connectivity index (χ0v) is 11.7. The fourth-order valence-corrected chi connectivity index (χ4v) is 2.18. The van der Waals surface area contributed by atoms with Crippen LogP contribution in [-0.2, 0) is 14.3 Å². The lowest BCUT2D eigenvalue weighted by Gasteiger charge is -2.31. The van der Waals surface area contributed by atoms with Crippen LogP contribution in [0.1, 0.15) is 32.3 Å². The molecule has 6 nitrogen and oxygen atoms in total. The number of aliphatic hydroxyl groups excluding tert-OH is 1. The summed E-state index contributed by atoms with van der Waals surface area (Å²) in [6.07, 6.45) is 0.313. The van der Waals surface area contributed by atoms with Gasteiger partial charge in [0.25, 0.3) is 0 Å². The molecular formula is C15H15NO5. The Kier molecular flexibility index (Phi) is 3.17. The van der Waals surface area contributed by atoms with Crippen LogP contribution in [-0.4, -0.2) is 21.8 Å². The second kappa shape index (κ2) is 4.89. The molecular weight excluding hydrogens is 274 g/mol. The highest BCUT2D eigenvalue weighted by Crippen LogP contribution is 2.29. The molecule has 1 aliphatic rings. The van der Waals surface area contributed by atoms with Crippen LogP contribution in [0.4, 0.5) is 0 Å². The van der Waals surface area contributed by atoms with Crippen molar-refractivity contribution in [2.45, 2.75) is 32.2 Å². The van der Waals surface area contributed by atoms with E-state index in [1.807, 2.05) is 12.1 Å². The van der Waals surface area contributed by atoms with Gasteiger partial charge >= 0.3 is 5.97 Å². The molecule has 1 atom stereocenters. The van der Waals surface area contributed by atoms with Crippen molar-refractivity contribution < 1.29 is 23.8 Å². The molecule has 0 unspecified atom stereocenters. The number of aromatic nitrogens is 1. The van der Waals surface area contributed by atoms with Crippen molar-refractivity contribution in [1.82, 2.24) is 4.98 Å². The molecule has 0 saturated heterocycles. The fourth-order valence-electron chi connectivity index (χ4n) is 2.18. The Balaban J connectivity index is 1.79. The normalized spacial score (nSPS) is 18.8. The molecule has 6 heteroatoms. The number of carbonyl (C=O) groups is 1. The number of cyclic esters (lactones) is 1. The van der Waals surface area contributed by atoms with Gasteiger partial charge in [-0.2, -0.15) is 0 Å². The van der Waals surface area contributed by atoms with E-state index in [9.17, 15) is 9.90 Å². The second-order valence-corrected chi connectivity index (χ2v) is 5.27. The molecule has 21 heavy (non-hydrogen) atoms. The molecule has 110 valence electrons. The standard InChI is InChI=1S/C15H15NO5/c1-15(2)20-9(8-13(18)21-15)7-11(17)14-16-10-5-3-4-6-12(10)19-14/h3-6,8,11,17H,7H2,1-2H3/t11-/m1/s1. The van der Waals surface area contributed by atoms with E-state index in [-0.39, 0.29) is 12.3 Å². The van der Waals surface area contributed by atoms with E-state index in [2.05, 4.69) is 4.98 Å². The van der Waals surface area contributed by atoms with E-state index >= 15 is 0 Å². The maximum Gasteiger partial charge on any atom is 0.337 e. The van der Waals surface area contributed by atoms with Gasteiger partial charge in [0, 0.05) is 20.3 Å². The number of nitrogens with zero attached hydrogens (tertiary/aromatic N) is 1. The van der Waals surface area contributed by atoms with Gasteiger partial charge < -0.3 is 19.0 Å². The van der Waals surface area contributed by atoms with Crippen LogP contribution >= 0.6 is 0 Å². The van der Waals surface area contributed by atoms with E-state index < -0.39 is 17.9 Å². The summed E-state index contributed by atoms with van der Waals surface area (Å²) in [7, 11) is 0. The molecule has 0 amide bonds. The third-order valence-corrected chi connectivity index (χ3v) is 2.99. The lowest BCUT2D eigenvalue weighted by molar-refractivity contribution is -0.207. The first-order valence-corrected chi connectivity index (χ1v) is 6.59. The van der Waals surface area contributed by atoms with E-state index in [1.165, 1.54) is 6.08 Å². The minimum Gasteiger partial charge on any atom is -0.457 e. The van der Waals surface area contributed by atoms with E-state index in [0.717, 1.165) is 0 Å². The summed E-state index contributed by atoms with van der Waals surface area (Å²) in [4.78, 5) is 15.7. The number of para-hydroxylation sites is 2. The lowest BCUT2D eigenvalue weighted by atomic mass is 10.2. The highest BCUT2D eigenvalue weighted by atomic mass is 16.7. The molecule has 0 spiro atoms. The highest BCUT2D eigenvalue weighted by Gasteiger charge is 2.31. The van der Waals surface area contributed by atoms with Gasteiger partial charge in [0.15, 0.2) is 5.58 Å². The second-order valence-electron chi connectivity index (χ2n) is 5.27. The molecule has 0 fully saturated rings. The Morgan fingerprint density at radius 2 is 2.05 bits per heavy atom. The number of hydrogen-bond donors (Lipinski definition) is 1. The Morgan fingerprint density at radius 1 is 1.29 bits per heavy atom. The van der Waals surface area contributed by atoms with Crippen molar-refractivity contribution >= 4 is 17.1 Å². The van der Waals surface area contributed by atoms with Crippen LogP contribution in [0.25, 0.3) is 11.1 Å². The Bertz CT molecular complexity index is 683. The third-order valence-electron chi connectivity index (χ3n) is 2.99. The van der Waals surface area contributed by atoms with Crippen LogP contribution in [0, 0.1) is 0 Å². The van der Waals surface area contributed by atoms with Crippen molar-refractivity contribution in [3.05, 3.63) is 42.0 Å². The molecule has 1 aromatic carbocycles. The topological polar surface area (TPSA) is 81.8 Å². The molecule has 0 radical (unpaired) electrons. The van der Waals surface area contributed by atoms with Crippen molar-refractivity contribution in [3.63, 3.8) is 0 Å². The summed E-state index contributed by atoms with van der Waals surface area (Å²) in [5, 5.41) is 10.2. The van der Waals surface area contributed by atoms with Gasteiger partial charge in [-0.3, -0.25) is 0 Å². The molecule has 1 aliphatic heterocycles. The number of rotatable bonds is 3. The number of benzene rings is 1. The van der Waals surface area contributed by atoms with Gasteiger partial charge in [0.1, 0.15) is 17.4 Å². The monoisotopic (exact) mass is 289 g/mol. The predicted octanol–water partition coefficient (Wildman–Crippen LogP) is 2.44. The molecule has 0 saturated carbocycles. The van der Waals surface area contributed by atoms with Gasteiger partial charge in [-0.05, 0) is 12.1 Å². The van der Waals surface area contributed by atoms with Crippen molar-refractivity contribution in [3.8, 4) is 0 Å². The van der Waals surface area contributed by atoms with Gasteiger partial charge in [-0.1, -0.05) is 12.1 Å². The SMILES string of the molecule is CC1(C)OC(=O)C=C(C[C@@H](O)c2nc3ccccc3o2)O1. The molecule has 2 heterocycles. The maximum absolute atomic E-state index is 11.4. The molecule has 1 aromatic heterocycles. The zero-order valence-electron chi connectivity index (χ0n) is 11.7. The van der Waals surface area contributed by atoms with Gasteiger partial charge in [0.2, 0.25) is 11.7 Å². The number of oxazole rings is 1. The minimum atomic E-state index is -1.04. The van der Waals surface area contributed by atoms with Gasteiger partial charge in [0.05, 0.1) is 6.08 Å². The van der Waals surface area contributed by atoms with Crippen LogP contribution in [0.2, 0.25) is 0 Å². The molecule has 0 bridgehead atoms. The van der Waals surface area contributed by atoms with Crippen LogP contribution < -0.4 is 0 Å². The van der Waals surface area contributed by atoms with Crippen molar-refractivity contribution in [1.29, 1.82) is 0 Å². The Morgan fingerprint density at radius 3 is 2.76 bits per heavy atom. The number of hydrogen-bond acceptors (Lipinski definition) is 6. The summed E-state index contributed by atoms with van der Waals surface area (Å²) in [6.45, 7) is 3.26. The molecule has 0 aliphatic carbocycles. The maximum atomic E-state index is 11.4. The van der Waals surface area contributed by atoms with Crippen molar-refractivity contribution in [2.75, 3.05) is 0 Å². The Hall–Kier alpha value is -2.34. The van der Waals surface area contributed by atoms with Gasteiger partial charge in [-0.25, -0.2) is 9.78 Å². The summed E-state index contributed by atoms with van der Waals surface area (Å²) in [5.74, 6) is -1.00. The predicted molar refractivity (Wildman–Crippen MR) is 72.9 cm³/mol. The average Bonchev–Trinajstić information content (AvgIpc) is 2.79. The molecule has 1 N–H and O–H groups in total. The number of aliphatic hydroxyl groups is 1. The molecule has 2 aromatic rings. The first-order chi connectivity index (χ1) is 9.93. The largest absolute Gasteiger partial charge is 0.457 e. The smallest absolute Gasteiger partial charge is 0.337 e. The summed E-state index contributed by atoms with van der Waals surface area (Å²) in [5.41, 5.74) is 1.27. The van der Waals surface area contributed by atoms with Gasteiger partial charge in [-0.15, -0.1) is 0 Å². The number of fused-ring (bicyclic) bond motifs is 1. The third kappa shape index (κ3) is 2.90. The van der Waals surface area contributed by atoms with E-state index in [0.29, 0.717) is 16.9 Å². The highest BCUT2D eigenvalue weighted by molar-refractivity contribution is 5.83. The fraction of sp³-hybridized carbons (Fsp3) is 0.333. The first kappa shape index (κ1) is 13.6. The lowest BCUT2D eigenvalue weighted by Crippen LogP contribution is -2.34. The van der Waals surface area contributed by atoms with E-state index in [1.54, 1.807) is 26.0 Å². The number of esters is 1. The number of ether oxygens (including phenoxy) is 2. The summed E-state index contributed by atoms with van der Waals surface area (Å²) in [6, 6.07) is 7.24. The molecule has 3 rings (SSSR count). The van der Waals surface area contributed by atoms with Crippen molar-refractivity contribution in [2.24, 2.45) is 0 Å². The van der Waals surface area contributed by atoms with E-state index in [4.69, 9.17) is 13.9 Å². The quantitative estimate of drug-likeness (QED) is 0.874. The minimum absolute atomic E-state index is 0.0886. The average molecular weight is 289 g/mol. The Labute approximate surface area is 121 Å². The summed E-state index contributed by atoms with van der Waals surface area (Å²) >= 11 is 0. The number of carbonyl (C=O) groups excluding carboxylic acids is 1. The van der Waals surface area contributed by atoms with Crippen LogP contribution in [0.15, 0.2) is 40.5 Å². The van der Waals surface area contributed by atoms with Crippen LogP contribution in [0.3, 0.4) is 0 Å². The van der Waals surface area contributed by atoms with Crippen LogP contribution in [0.5, 0.6) is 0 Å². The first-order valence-electron chi connectivity index (χ1n) is 6.59. The summed E-state index contributed by atoms with van der Waals surface area (Å²) < 4.78 is 16.0.